The third-order valence-electron chi connectivity index (χ3n) is 4.49. The predicted molar refractivity (Wildman–Crippen MR) is 106 cm³/mol. The first-order valence-electron chi connectivity index (χ1n) is 8.69. The lowest BCUT2D eigenvalue weighted by atomic mass is 10.2. The molecule has 1 fully saturated rings. The Morgan fingerprint density at radius 3 is 2.92 bits per heavy atom. The molecule has 0 N–H and O–H groups in total. The van der Waals surface area contributed by atoms with Crippen LogP contribution in [0.2, 0.25) is 5.02 Å². The SMILES string of the molecule is O=c1c2ccccc2nc(SCc2cccc(Cl)c2)n1CC1CCCO1. The molecule has 1 aliphatic heterocycles. The summed E-state index contributed by atoms with van der Waals surface area (Å²) in [5, 5.41) is 2.09. The Labute approximate surface area is 161 Å². The van der Waals surface area contributed by atoms with E-state index in [4.69, 9.17) is 21.3 Å². The highest BCUT2D eigenvalue weighted by molar-refractivity contribution is 7.98. The van der Waals surface area contributed by atoms with Gasteiger partial charge < -0.3 is 4.74 Å². The number of nitrogens with zero attached hydrogens (tertiary/aromatic N) is 2. The molecule has 3 aromatic rings. The number of fused-ring (bicyclic) bond motifs is 1. The average molecular weight is 387 g/mol. The maximum atomic E-state index is 13.0. The van der Waals surface area contributed by atoms with Crippen molar-refractivity contribution in [3.63, 3.8) is 0 Å². The van der Waals surface area contributed by atoms with Gasteiger partial charge in [0, 0.05) is 17.4 Å². The van der Waals surface area contributed by atoms with Crippen LogP contribution in [0, 0.1) is 0 Å². The van der Waals surface area contributed by atoms with Gasteiger partial charge in [0.1, 0.15) is 0 Å². The molecule has 0 saturated carbocycles. The Morgan fingerprint density at radius 1 is 1.23 bits per heavy atom. The summed E-state index contributed by atoms with van der Waals surface area (Å²) in [5.74, 6) is 0.705. The van der Waals surface area contributed by atoms with Gasteiger partial charge in [0.05, 0.1) is 23.6 Å². The first-order valence-corrected chi connectivity index (χ1v) is 10.1. The highest BCUT2D eigenvalue weighted by Gasteiger charge is 2.20. The topological polar surface area (TPSA) is 44.1 Å². The van der Waals surface area contributed by atoms with E-state index in [1.807, 2.05) is 48.5 Å². The Morgan fingerprint density at radius 2 is 2.12 bits per heavy atom. The molecular formula is C20H19ClN2O2S. The summed E-state index contributed by atoms with van der Waals surface area (Å²) in [6.45, 7) is 1.32. The number of para-hydroxylation sites is 1. The van der Waals surface area contributed by atoms with Crippen LogP contribution in [0.25, 0.3) is 10.9 Å². The van der Waals surface area contributed by atoms with Gasteiger partial charge >= 0.3 is 0 Å². The number of aromatic nitrogens is 2. The number of hydrogen-bond acceptors (Lipinski definition) is 4. The average Bonchev–Trinajstić information content (AvgIpc) is 3.16. The molecule has 0 radical (unpaired) electrons. The van der Waals surface area contributed by atoms with E-state index >= 15 is 0 Å². The van der Waals surface area contributed by atoms with Gasteiger partial charge in [-0.15, -0.1) is 0 Å². The second kappa shape index (κ2) is 7.82. The van der Waals surface area contributed by atoms with Crippen molar-refractivity contribution in [2.75, 3.05) is 6.61 Å². The van der Waals surface area contributed by atoms with E-state index in [2.05, 4.69) is 0 Å². The molecule has 2 heterocycles. The van der Waals surface area contributed by atoms with E-state index in [1.165, 1.54) is 0 Å². The Bertz CT molecular complexity index is 983. The van der Waals surface area contributed by atoms with Gasteiger partial charge in [-0.25, -0.2) is 4.98 Å². The fraction of sp³-hybridized carbons (Fsp3) is 0.300. The lowest BCUT2D eigenvalue weighted by molar-refractivity contribution is 0.0937. The Kier molecular flexibility index (Phi) is 5.29. The molecule has 0 spiro atoms. The minimum absolute atomic E-state index is 0.000283. The van der Waals surface area contributed by atoms with Gasteiger partial charge in [0.15, 0.2) is 5.16 Å². The van der Waals surface area contributed by atoms with Crippen LogP contribution in [-0.2, 0) is 17.0 Å². The standard InChI is InChI=1S/C20H19ClN2O2S/c21-15-6-3-5-14(11-15)13-26-20-22-18-9-2-1-8-17(18)19(24)23(20)12-16-7-4-10-25-16/h1-3,5-6,8-9,11,16H,4,7,10,12-13H2. The van der Waals surface area contributed by atoms with Crippen molar-refractivity contribution < 1.29 is 4.74 Å². The molecule has 6 heteroatoms. The molecule has 1 aliphatic rings. The van der Waals surface area contributed by atoms with E-state index in [-0.39, 0.29) is 11.7 Å². The summed E-state index contributed by atoms with van der Waals surface area (Å²) in [6.07, 6.45) is 2.12. The molecule has 0 aliphatic carbocycles. The molecule has 1 saturated heterocycles. The summed E-state index contributed by atoms with van der Waals surface area (Å²) in [7, 11) is 0. The van der Waals surface area contributed by atoms with Crippen LogP contribution >= 0.6 is 23.4 Å². The van der Waals surface area contributed by atoms with Crippen molar-refractivity contribution in [3.8, 4) is 0 Å². The predicted octanol–water partition coefficient (Wildman–Crippen LogP) is 4.52. The minimum Gasteiger partial charge on any atom is -0.376 e. The van der Waals surface area contributed by atoms with E-state index < -0.39 is 0 Å². The van der Waals surface area contributed by atoms with Crippen molar-refractivity contribution in [2.24, 2.45) is 0 Å². The molecule has 0 amide bonds. The van der Waals surface area contributed by atoms with E-state index in [1.54, 1.807) is 16.3 Å². The molecule has 4 rings (SSSR count). The van der Waals surface area contributed by atoms with Crippen LogP contribution in [0.5, 0.6) is 0 Å². The van der Waals surface area contributed by atoms with Crippen LogP contribution in [0.4, 0.5) is 0 Å². The molecule has 134 valence electrons. The molecule has 26 heavy (non-hydrogen) atoms. The Balaban J connectivity index is 1.69. The van der Waals surface area contributed by atoms with Crippen LogP contribution in [0.1, 0.15) is 18.4 Å². The number of ether oxygens (including phenoxy) is 1. The molecule has 1 aromatic heterocycles. The van der Waals surface area contributed by atoms with Crippen LogP contribution in [0.3, 0.4) is 0 Å². The monoisotopic (exact) mass is 386 g/mol. The molecule has 1 unspecified atom stereocenters. The van der Waals surface area contributed by atoms with Crippen LogP contribution in [-0.4, -0.2) is 22.3 Å². The normalized spacial score (nSPS) is 17.0. The second-order valence-corrected chi connectivity index (χ2v) is 7.76. The van der Waals surface area contributed by atoms with Crippen LogP contribution < -0.4 is 5.56 Å². The van der Waals surface area contributed by atoms with E-state index in [0.29, 0.717) is 22.7 Å². The quantitative estimate of drug-likeness (QED) is 0.477. The van der Waals surface area contributed by atoms with Crippen molar-refractivity contribution in [1.82, 2.24) is 9.55 Å². The smallest absolute Gasteiger partial charge is 0.262 e. The first kappa shape index (κ1) is 17.6. The number of hydrogen-bond donors (Lipinski definition) is 0. The molecule has 0 bridgehead atoms. The van der Waals surface area contributed by atoms with Crippen LogP contribution in [0.15, 0.2) is 58.5 Å². The van der Waals surface area contributed by atoms with Crippen molar-refractivity contribution in [3.05, 3.63) is 69.5 Å². The lowest BCUT2D eigenvalue weighted by Crippen LogP contribution is -2.28. The largest absolute Gasteiger partial charge is 0.376 e. The highest BCUT2D eigenvalue weighted by atomic mass is 35.5. The number of thioether (sulfide) groups is 1. The third-order valence-corrected chi connectivity index (χ3v) is 5.78. The number of rotatable bonds is 5. The van der Waals surface area contributed by atoms with E-state index in [0.717, 1.165) is 35.7 Å². The zero-order chi connectivity index (χ0) is 17.9. The summed E-state index contributed by atoms with van der Waals surface area (Å²) in [4.78, 5) is 17.8. The second-order valence-electron chi connectivity index (χ2n) is 6.38. The number of benzene rings is 2. The van der Waals surface area contributed by atoms with Gasteiger partial charge in [-0.3, -0.25) is 9.36 Å². The summed E-state index contributed by atoms with van der Waals surface area (Å²) >= 11 is 7.64. The first-order chi connectivity index (χ1) is 12.7. The number of halogens is 1. The molecule has 2 aromatic carbocycles. The Hall–Kier alpha value is -1.82. The summed E-state index contributed by atoms with van der Waals surface area (Å²) in [6, 6.07) is 15.3. The zero-order valence-electron chi connectivity index (χ0n) is 14.2. The maximum absolute atomic E-state index is 13.0. The van der Waals surface area contributed by atoms with Gasteiger partial charge in [-0.1, -0.05) is 47.6 Å². The maximum Gasteiger partial charge on any atom is 0.262 e. The fourth-order valence-electron chi connectivity index (χ4n) is 3.19. The van der Waals surface area contributed by atoms with Gasteiger partial charge in [-0.2, -0.15) is 0 Å². The zero-order valence-corrected chi connectivity index (χ0v) is 15.8. The van der Waals surface area contributed by atoms with E-state index in [9.17, 15) is 4.79 Å². The minimum atomic E-state index is -0.000283. The van der Waals surface area contributed by atoms with Crippen molar-refractivity contribution in [2.45, 2.75) is 36.4 Å². The third kappa shape index (κ3) is 3.80. The molecule has 1 atom stereocenters. The summed E-state index contributed by atoms with van der Waals surface area (Å²) in [5.41, 5.74) is 1.84. The molecular weight excluding hydrogens is 368 g/mol. The van der Waals surface area contributed by atoms with Crippen molar-refractivity contribution >= 4 is 34.3 Å². The van der Waals surface area contributed by atoms with Gasteiger partial charge in [0.2, 0.25) is 0 Å². The highest BCUT2D eigenvalue weighted by Crippen LogP contribution is 2.25. The van der Waals surface area contributed by atoms with Crippen molar-refractivity contribution in [1.29, 1.82) is 0 Å². The summed E-state index contributed by atoms with van der Waals surface area (Å²) < 4.78 is 7.51. The fourth-order valence-corrected chi connectivity index (χ4v) is 4.35. The lowest BCUT2D eigenvalue weighted by Gasteiger charge is -2.16. The molecule has 4 nitrogen and oxygen atoms in total. The van der Waals surface area contributed by atoms with Gasteiger partial charge in [0.25, 0.3) is 5.56 Å². The van der Waals surface area contributed by atoms with Gasteiger partial charge in [-0.05, 0) is 42.7 Å².